The summed E-state index contributed by atoms with van der Waals surface area (Å²) in [6, 6.07) is 7.42. The fourth-order valence-corrected chi connectivity index (χ4v) is 2.50. The maximum atomic E-state index is 12.5. The first kappa shape index (κ1) is 13.2. The molecule has 2 aromatic heterocycles. The summed E-state index contributed by atoms with van der Waals surface area (Å²) in [6.45, 7) is 1.86. The SMILES string of the molecule is Cc1[nH]c2ncc(Cl)n2c(=O)c1Cc1ccc(Cl)cc1. The van der Waals surface area contributed by atoms with Crippen LogP contribution in [0.1, 0.15) is 16.8 Å². The third-order valence-corrected chi connectivity index (χ3v) is 3.74. The zero-order valence-electron chi connectivity index (χ0n) is 10.7. The van der Waals surface area contributed by atoms with Gasteiger partial charge in [-0.3, -0.25) is 4.79 Å². The fraction of sp³-hybridized carbons (Fsp3) is 0.143. The molecule has 0 saturated heterocycles. The Kier molecular flexibility index (Phi) is 3.28. The molecular formula is C14H11Cl2N3O. The van der Waals surface area contributed by atoms with Gasteiger partial charge in [0.25, 0.3) is 5.56 Å². The molecule has 0 spiro atoms. The maximum Gasteiger partial charge on any atom is 0.263 e. The number of aryl methyl sites for hydroxylation is 1. The molecule has 0 unspecified atom stereocenters. The van der Waals surface area contributed by atoms with Crippen LogP contribution in [0.25, 0.3) is 5.78 Å². The third-order valence-electron chi connectivity index (χ3n) is 3.23. The van der Waals surface area contributed by atoms with E-state index in [1.54, 1.807) is 0 Å². The smallest absolute Gasteiger partial charge is 0.263 e. The lowest BCUT2D eigenvalue weighted by atomic mass is 10.1. The molecule has 1 aromatic carbocycles. The zero-order valence-corrected chi connectivity index (χ0v) is 12.2. The van der Waals surface area contributed by atoms with Crippen LogP contribution in [0, 0.1) is 6.92 Å². The molecule has 0 aliphatic rings. The number of rotatable bonds is 2. The summed E-state index contributed by atoms with van der Waals surface area (Å²) >= 11 is 11.9. The molecule has 0 atom stereocenters. The van der Waals surface area contributed by atoms with Crippen LogP contribution in [-0.4, -0.2) is 14.4 Å². The van der Waals surface area contributed by atoms with Gasteiger partial charge in [0.05, 0.1) is 6.20 Å². The number of hydrogen-bond acceptors (Lipinski definition) is 2. The summed E-state index contributed by atoms with van der Waals surface area (Å²) in [7, 11) is 0. The number of imidazole rings is 1. The molecule has 3 aromatic rings. The molecular weight excluding hydrogens is 297 g/mol. The second kappa shape index (κ2) is 4.96. The Balaban J connectivity index is 2.13. The number of aromatic amines is 1. The Hall–Kier alpha value is -1.78. The van der Waals surface area contributed by atoms with Crippen molar-refractivity contribution in [2.75, 3.05) is 0 Å². The van der Waals surface area contributed by atoms with Crippen molar-refractivity contribution in [3.63, 3.8) is 0 Å². The highest BCUT2D eigenvalue weighted by atomic mass is 35.5. The van der Waals surface area contributed by atoms with Crippen molar-refractivity contribution in [2.45, 2.75) is 13.3 Å². The molecule has 0 fully saturated rings. The number of nitrogens with zero attached hydrogens (tertiary/aromatic N) is 2. The van der Waals surface area contributed by atoms with E-state index in [-0.39, 0.29) is 5.56 Å². The predicted octanol–water partition coefficient (Wildman–Crippen LogP) is 3.23. The minimum absolute atomic E-state index is 0.145. The van der Waals surface area contributed by atoms with E-state index in [2.05, 4.69) is 9.97 Å². The van der Waals surface area contributed by atoms with Crippen molar-refractivity contribution >= 4 is 29.0 Å². The Bertz CT molecular complexity index is 834. The molecule has 2 heterocycles. The second-order valence-corrected chi connectivity index (χ2v) is 5.40. The van der Waals surface area contributed by atoms with Gasteiger partial charge < -0.3 is 4.98 Å². The molecule has 0 saturated carbocycles. The van der Waals surface area contributed by atoms with Crippen molar-refractivity contribution in [1.82, 2.24) is 14.4 Å². The van der Waals surface area contributed by atoms with E-state index < -0.39 is 0 Å². The quantitative estimate of drug-likeness (QED) is 0.790. The predicted molar refractivity (Wildman–Crippen MR) is 79.8 cm³/mol. The van der Waals surface area contributed by atoms with Gasteiger partial charge >= 0.3 is 0 Å². The van der Waals surface area contributed by atoms with Crippen LogP contribution >= 0.6 is 23.2 Å². The molecule has 0 bridgehead atoms. The lowest BCUT2D eigenvalue weighted by Gasteiger charge is -2.07. The summed E-state index contributed by atoms with van der Waals surface area (Å²) in [5.74, 6) is 0.456. The number of fused-ring (bicyclic) bond motifs is 1. The Labute approximate surface area is 125 Å². The highest BCUT2D eigenvalue weighted by Crippen LogP contribution is 2.15. The second-order valence-electron chi connectivity index (χ2n) is 4.58. The van der Waals surface area contributed by atoms with Crippen LogP contribution < -0.4 is 5.56 Å². The van der Waals surface area contributed by atoms with Gasteiger partial charge in [-0.15, -0.1) is 0 Å². The van der Waals surface area contributed by atoms with Crippen molar-refractivity contribution < 1.29 is 0 Å². The number of benzene rings is 1. The van der Waals surface area contributed by atoms with E-state index in [1.165, 1.54) is 10.6 Å². The van der Waals surface area contributed by atoms with Crippen molar-refractivity contribution in [3.8, 4) is 0 Å². The number of hydrogen-bond donors (Lipinski definition) is 1. The summed E-state index contributed by atoms with van der Waals surface area (Å²) in [5.41, 5.74) is 2.33. The topological polar surface area (TPSA) is 50.2 Å². The highest BCUT2D eigenvalue weighted by molar-refractivity contribution is 6.30. The average Bonchev–Trinajstić information content (AvgIpc) is 2.78. The van der Waals surface area contributed by atoms with Gasteiger partial charge in [0.15, 0.2) is 0 Å². The first-order chi connectivity index (χ1) is 9.56. The van der Waals surface area contributed by atoms with Gasteiger partial charge in [0, 0.05) is 22.7 Å². The standard InChI is InChI=1S/C14H11Cl2N3O/c1-8-11(6-9-2-4-10(15)5-3-9)13(20)19-12(16)7-17-14(19)18-8/h2-5,7H,6H2,1H3,(H,17,18). The Morgan fingerprint density at radius 2 is 1.95 bits per heavy atom. The molecule has 0 amide bonds. The van der Waals surface area contributed by atoms with E-state index in [1.807, 2.05) is 31.2 Å². The summed E-state index contributed by atoms with van der Waals surface area (Å²) in [4.78, 5) is 19.6. The lowest BCUT2D eigenvalue weighted by molar-refractivity contribution is 0.954. The summed E-state index contributed by atoms with van der Waals surface area (Å²) in [6.07, 6.45) is 1.98. The van der Waals surface area contributed by atoms with E-state index >= 15 is 0 Å². The minimum atomic E-state index is -0.145. The van der Waals surface area contributed by atoms with E-state index in [0.717, 1.165) is 11.3 Å². The first-order valence-corrected chi connectivity index (χ1v) is 6.81. The van der Waals surface area contributed by atoms with Crippen LogP contribution in [-0.2, 0) is 6.42 Å². The van der Waals surface area contributed by atoms with Crippen molar-refractivity contribution in [1.29, 1.82) is 0 Å². The van der Waals surface area contributed by atoms with Gasteiger partial charge in [-0.25, -0.2) is 9.38 Å². The molecule has 20 heavy (non-hydrogen) atoms. The van der Waals surface area contributed by atoms with Crippen molar-refractivity contribution in [2.24, 2.45) is 0 Å². The molecule has 102 valence electrons. The van der Waals surface area contributed by atoms with Gasteiger partial charge in [-0.1, -0.05) is 35.3 Å². The fourth-order valence-electron chi connectivity index (χ4n) is 2.17. The van der Waals surface area contributed by atoms with Crippen molar-refractivity contribution in [3.05, 3.63) is 67.8 Å². The number of aromatic nitrogens is 3. The van der Waals surface area contributed by atoms with Crippen LogP contribution in [0.15, 0.2) is 35.3 Å². The molecule has 0 radical (unpaired) electrons. The highest BCUT2D eigenvalue weighted by Gasteiger charge is 2.12. The number of halogens is 2. The molecule has 6 heteroatoms. The summed E-state index contributed by atoms with van der Waals surface area (Å²) in [5, 5.41) is 0.978. The van der Waals surface area contributed by atoms with Crippen LogP contribution in [0.4, 0.5) is 0 Å². The molecule has 3 rings (SSSR count). The van der Waals surface area contributed by atoms with E-state index in [4.69, 9.17) is 23.2 Å². The Morgan fingerprint density at radius 1 is 1.25 bits per heavy atom. The monoisotopic (exact) mass is 307 g/mol. The van der Waals surface area contributed by atoms with Gasteiger partial charge in [-0.2, -0.15) is 0 Å². The molecule has 1 N–H and O–H groups in total. The lowest BCUT2D eigenvalue weighted by Crippen LogP contribution is -2.21. The maximum absolute atomic E-state index is 12.5. The van der Waals surface area contributed by atoms with Gasteiger partial charge in [-0.05, 0) is 24.6 Å². The normalized spacial score (nSPS) is 11.2. The van der Waals surface area contributed by atoms with Gasteiger partial charge in [0.1, 0.15) is 5.15 Å². The molecule has 0 aliphatic heterocycles. The van der Waals surface area contributed by atoms with Crippen LogP contribution in [0.3, 0.4) is 0 Å². The average molecular weight is 308 g/mol. The minimum Gasteiger partial charge on any atom is -0.329 e. The summed E-state index contributed by atoms with van der Waals surface area (Å²) < 4.78 is 1.37. The number of H-pyrrole nitrogens is 1. The molecule has 4 nitrogen and oxygen atoms in total. The van der Waals surface area contributed by atoms with Gasteiger partial charge in [0.2, 0.25) is 5.78 Å². The number of nitrogens with one attached hydrogen (secondary N) is 1. The Morgan fingerprint density at radius 3 is 2.65 bits per heavy atom. The third kappa shape index (κ3) is 2.21. The van der Waals surface area contributed by atoms with E-state index in [0.29, 0.717) is 27.9 Å². The largest absolute Gasteiger partial charge is 0.329 e. The van der Waals surface area contributed by atoms with E-state index in [9.17, 15) is 4.79 Å². The van der Waals surface area contributed by atoms with Crippen LogP contribution in [0.2, 0.25) is 10.2 Å². The molecule has 0 aliphatic carbocycles. The van der Waals surface area contributed by atoms with Crippen LogP contribution in [0.5, 0.6) is 0 Å². The zero-order chi connectivity index (χ0) is 14.3. The first-order valence-electron chi connectivity index (χ1n) is 6.05.